The van der Waals surface area contributed by atoms with Gasteiger partial charge in [-0.05, 0) is 37.0 Å². The summed E-state index contributed by atoms with van der Waals surface area (Å²) >= 11 is 0. The van der Waals surface area contributed by atoms with E-state index in [-0.39, 0.29) is 23.9 Å². The lowest BCUT2D eigenvalue weighted by atomic mass is 9.87. The molecule has 1 heterocycles. The molecular formula is C20H22FNO3. The molecule has 132 valence electrons. The van der Waals surface area contributed by atoms with E-state index in [0.717, 1.165) is 31.4 Å². The highest BCUT2D eigenvalue weighted by atomic mass is 19.1. The van der Waals surface area contributed by atoms with Gasteiger partial charge in [0.2, 0.25) is 0 Å². The molecule has 25 heavy (non-hydrogen) atoms. The molecule has 3 rings (SSSR count). The smallest absolute Gasteiger partial charge is 0.338 e. The number of carbonyl (C=O) groups is 1. The van der Waals surface area contributed by atoms with E-state index in [1.807, 2.05) is 6.92 Å². The SMILES string of the molecule is CCc1nc(C2CCCC2)c(CO)c(-c2ccc(F)cc2)c1C(=O)O. The Morgan fingerprint density at radius 2 is 1.88 bits per heavy atom. The second-order valence-corrected chi connectivity index (χ2v) is 6.48. The maximum atomic E-state index is 13.3. The number of aromatic nitrogens is 1. The van der Waals surface area contributed by atoms with Crippen LogP contribution in [0, 0.1) is 5.82 Å². The summed E-state index contributed by atoms with van der Waals surface area (Å²) in [7, 11) is 0. The number of aromatic carboxylic acids is 1. The molecule has 0 unspecified atom stereocenters. The zero-order chi connectivity index (χ0) is 18.0. The fraction of sp³-hybridized carbons (Fsp3) is 0.400. The number of aryl methyl sites for hydroxylation is 1. The Hall–Kier alpha value is -2.27. The van der Waals surface area contributed by atoms with Gasteiger partial charge in [-0.2, -0.15) is 0 Å². The molecule has 1 aromatic carbocycles. The van der Waals surface area contributed by atoms with Crippen LogP contribution < -0.4 is 0 Å². The predicted molar refractivity (Wildman–Crippen MR) is 93.1 cm³/mol. The monoisotopic (exact) mass is 343 g/mol. The van der Waals surface area contributed by atoms with Gasteiger partial charge in [-0.25, -0.2) is 9.18 Å². The van der Waals surface area contributed by atoms with Crippen LogP contribution >= 0.6 is 0 Å². The van der Waals surface area contributed by atoms with Gasteiger partial charge in [0.25, 0.3) is 0 Å². The molecule has 0 spiro atoms. The Bertz CT molecular complexity index is 781. The molecule has 0 amide bonds. The predicted octanol–water partition coefficient (Wildman–Crippen LogP) is 4.30. The van der Waals surface area contributed by atoms with E-state index < -0.39 is 5.97 Å². The Labute approximate surface area is 146 Å². The lowest BCUT2D eigenvalue weighted by Crippen LogP contribution is -2.15. The Morgan fingerprint density at radius 1 is 1.24 bits per heavy atom. The van der Waals surface area contributed by atoms with Crippen molar-refractivity contribution in [3.63, 3.8) is 0 Å². The molecule has 2 N–H and O–H groups in total. The summed E-state index contributed by atoms with van der Waals surface area (Å²) in [5.41, 5.74) is 3.07. The van der Waals surface area contributed by atoms with Crippen LogP contribution in [0.1, 0.15) is 65.8 Å². The third-order valence-electron chi connectivity index (χ3n) is 4.99. The summed E-state index contributed by atoms with van der Waals surface area (Å²) in [5.74, 6) is -1.21. The highest BCUT2D eigenvalue weighted by Gasteiger charge is 2.28. The average molecular weight is 343 g/mol. The average Bonchev–Trinajstić information content (AvgIpc) is 3.14. The maximum absolute atomic E-state index is 13.3. The number of aliphatic hydroxyl groups is 1. The van der Waals surface area contributed by atoms with E-state index >= 15 is 0 Å². The van der Waals surface area contributed by atoms with Gasteiger partial charge in [0.05, 0.1) is 17.9 Å². The molecule has 0 bridgehead atoms. The first-order valence-electron chi connectivity index (χ1n) is 8.72. The van der Waals surface area contributed by atoms with Crippen molar-refractivity contribution < 1.29 is 19.4 Å². The summed E-state index contributed by atoms with van der Waals surface area (Å²) < 4.78 is 13.3. The first kappa shape index (κ1) is 17.5. The van der Waals surface area contributed by atoms with Crippen LogP contribution in [0.15, 0.2) is 24.3 Å². The Balaban J connectivity index is 2.32. The number of hydrogen-bond donors (Lipinski definition) is 2. The number of hydrogen-bond acceptors (Lipinski definition) is 3. The molecule has 0 saturated heterocycles. The minimum atomic E-state index is -1.07. The summed E-state index contributed by atoms with van der Waals surface area (Å²) in [6.07, 6.45) is 4.72. The maximum Gasteiger partial charge on any atom is 0.338 e. The number of carboxylic acid groups (broad SMARTS) is 1. The van der Waals surface area contributed by atoms with Gasteiger partial charge >= 0.3 is 5.97 Å². The number of pyridine rings is 1. The normalized spacial score (nSPS) is 14.8. The topological polar surface area (TPSA) is 70.4 Å². The third kappa shape index (κ3) is 3.29. The van der Waals surface area contributed by atoms with Crippen LogP contribution in [-0.2, 0) is 13.0 Å². The fourth-order valence-corrected chi connectivity index (χ4v) is 3.81. The number of rotatable bonds is 5. The molecule has 0 radical (unpaired) electrons. The first-order valence-corrected chi connectivity index (χ1v) is 8.72. The number of benzene rings is 1. The van der Waals surface area contributed by atoms with Crippen molar-refractivity contribution in [1.82, 2.24) is 4.98 Å². The van der Waals surface area contributed by atoms with Crippen LogP contribution in [0.3, 0.4) is 0 Å². The van der Waals surface area contributed by atoms with Gasteiger partial charge in [0.15, 0.2) is 0 Å². The van der Waals surface area contributed by atoms with Gasteiger partial charge in [0, 0.05) is 22.7 Å². The number of halogens is 1. The second-order valence-electron chi connectivity index (χ2n) is 6.48. The molecule has 2 aromatic rings. The van der Waals surface area contributed by atoms with E-state index in [4.69, 9.17) is 0 Å². The van der Waals surface area contributed by atoms with Crippen LogP contribution in [-0.4, -0.2) is 21.2 Å². The zero-order valence-electron chi connectivity index (χ0n) is 14.3. The van der Waals surface area contributed by atoms with E-state index in [0.29, 0.717) is 28.8 Å². The lowest BCUT2D eigenvalue weighted by Gasteiger charge is -2.21. The highest BCUT2D eigenvalue weighted by molar-refractivity contribution is 5.98. The van der Waals surface area contributed by atoms with Gasteiger partial charge in [-0.15, -0.1) is 0 Å². The third-order valence-corrected chi connectivity index (χ3v) is 4.99. The van der Waals surface area contributed by atoms with Gasteiger partial charge in [-0.1, -0.05) is 31.9 Å². The van der Waals surface area contributed by atoms with E-state index in [1.54, 1.807) is 12.1 Å². The molecule has 1 aliphatic rings. The van der Waals surface area contributed by atoms with Crippen LogP contribution in [0.5, 0.6) is 0 Å². The van der Waals surface area contributed by atoms with Crippen LogP contribution in [0.4, 0.5) is 4.39 Å². The van der Waals surface area contributed by atoms with Gasteiger partial charge in [-0.3, -0.25) is 4.98 Å². The summed E-state index contributed by atoms with van der Waals surface area (Å²) in [5, 5.41) is 19.8. The fourth-order valence-electron chi connectivity index (χ4n) is 3.81. The lowest BCUT2D eigenvalue weighted by molar-refractivity contribution is 0.0695. The van der Waals surface area contributed by atoms with Crippen molar-refractivity contribution in [3.05, 3.63) is 52.6 Å². The first-order chi connectivity index (χ1) is 12.1. The van der Waals surface area contributed by atoms with Gasteiger partial charge in [0.1, 0.15) is 5.82 Å². The van der Waals surface area contributed by atoms with Crippen molar-refractivity contribution >= 4 is 5.97 Å². The van der Waals surface area contributed by atoms with Crippen molar-refractivity contribution in [1.29, 1.82) is 0 Å². The molecular weight excluding hydrogens is 321 g/mol. The summed E-state index contributed by atoms with van der Waals surface area (Å²) in [4.78, 5) is 16.6. The standard InChI is InChI=1S/C20H22FNO3/c1-2-16-18(20(24)25)17(12-7-9-14(21)10-8-12)15(11-23)19(22-16)13-5-3-4-6-13/h7-10,13,23H,2-6,11H2,1H3,(H,24,25). The molecule has 4 nitrogen and oxygen atoms in total. The molecule has 1 aromatic heterocycles. The Kier molecular flexibility index (Phi) is 5.13. The Morgan fingerprint density at radius 3 is 2.40 bits per heavy atom. The van der Waals surface area contributed by atoms with E-state index in [2.05, 4.69) is 4.98 Å². The molecule has 1 aliphatic carbocycles. The van der Waals surface area contributed by atoms with Crippen molar-refractivity contribution in [2.75, 3.05) is 0 Å². The summed E-state index contributed by atoms with van der Waals surface area (Å²) in [6.45, 7) is 1.59. The van der Waals surface area contributed by atoms with Crippen molar-refractivity contribution in [2.24, 2.45) is 0 Å². The van der Waals surface area contributed by atoms with E-state index in [9.17, 15) is 19.4 Å². The minimum absolute atomic E-state index is 0.111. The van der Waals surface area contributed by atoms with Gasteiger partial charge < -0.3 is 10.2 Å². The van der Waals surface area contributed by atoms with Crippen molar-refractivity contribution in [2.45, 2.75) is 51.6 Å². The summed E-state index contributed by atoms with van der Waals surface area (Å²) in [6, 6.07) is 5.75. The number of aliphatic hydroxyl groups excluding tert-OH is 1. The van der Waals surface area contributed by atoms with E-state index in [1.165, 1.54) is 12.1 Å². The van der Waals surface area contributed by atoms with Crippen molar-refractivity contribution in [3.8, 4) is 11.1 Å². The second kappa shape index (κ2) is 7.31. The molecule has 0 atom stereocenters. The number of carboxylic acids is 1. The highest BCUT2D eigenvalue weighted by Crippen LogP contribution is 2.40. The quantitative estimate of drug-likeness (QED) is 0.849. The molecule has 1 fully saturated rings. The molecule has 0 aliphatic heterocycles. The number of nitrogens with zero attached hydrogens (tertiary/aromatic N) is 1. The van der Waals surface area contributed by atoms with Crippen LogP contribution in [0.2, 0.25) is 0 Å². The minimum Gasteiger partial charge on any atom is -0.478 e. The zero-order valence-corrected chi connectivity index (χ0v) is 14.3. The van der Waals surface area contributed by atoms with Crippen LogP contribution in [0.25, 0.3) is 11.1 Å². The molecule has 1 saturated carbocycles. The largest absolute Gasteiger partial charge is 0.478 e. The molecule has 5 heteroatoms.